The molecule has 2 unspecified atom stereocenters. The Kier molecular flexibility index (Phi) is 37.7. The summed E-state index contributed by atoms with van der Waals surface area (Å²) >= 11 is 0. The molecule has 1 aliphatic rings. The van der Waals surface area contributed by atoms with E-state index in [0.717, 1.165) is 57.8 Å². The van der Waals surface area contributed by atoms with Crippen molar-refractivity contribution < 1.29 is 49.0 Å². The molecule has 1 heterocycles. The van der Waals surface area contributed by atoms with Gasteiger partial charge in [-0.3, -0.25) is 9.59 Å². The van der Waals surface area contributed by atoms with Gasteiger partial charge in [0.1, 0.15) is 31.0 Å². The van der Waals surface area contributed by atoms with E-state index >= 15 is 0 Å². The lowest BCUT2D eigenvalue weighted by Crippen LogP contribution is -2.59. The molecule has 10 nitrogen and oxygen atoms in total. The maximum absolute atomic E-state index is 12.8. The molecule has 346 valence electrons. The third kappa shape index (κ3) is 31.7. The number of ether oxygens (including phenoxy) is 4. The lowest BCUT2D eigenvalue weighted by molar-refractivity contribution is -0.305. The first-order valence-corrected chi connectivity index (χ1v) is 24.4. The normalized spacial score (nSPS) is 20.1. The van der Waals surface area contributed by atoms with E-state index in [4.69, 9.17) is 18.9 Å². The standard InChI is InChI=1S/C49H90O10/c1-3-5-7-9-11-13-15-17-19-20-21-22-24-25-27-29-31-33-35-37-44(51)56-40-42(41-57-49-48(55)47(54)46(53)43(39-50)59-49)58-45(52)38-36-34-32-30-28-26-23-18-16-14-12-10-8-6-4-2/h11,13,17,19,42-43,46-50,53-55H,3-10,12,14-16,18,20-41H2,1-2H3/b13-11+,19-17+/t42-,43-,46+,47?,48?,49-/m0/s1. The van der Waals surface area contributed by atoms with Crippen LogP contribution < -0.4 is 0 Å². The fourth-order valence-electron chi connectivity index (χ4n) is 7.45. The second-order valence-electron chi connectivity index (χ2n) is 16.9. The first-order valence-electron chi connectivity index (χ1n) is 24.4. The van der Waals surface area contributed by atoms with Crippen LogP contribution in [0.3, 0.4) is 0 Å². The Morgan fingerprint density at radius 3 is 1.44 bits per heavy atom. The summed E-state index contributed by atoms with van der Waals surface area (Å²) in [5, 5.41) is 40.1. The second kappa shape index (κ2) is 40.3. The molecule has 59 heavy (non-hydrogen) atoms. The summed E-state index contributed by atoms with van der Waals surface area (Å²) in [6.45, 7) is 3.42. The highest BCUT2D eigenvalue weighted by Crippen LogP contribution is 2.23. The maximum atomic E-state index is 12.8. The summed E-state index contributed by atoms with van der Waals surface area (Å²) in [7, 11) is 0. The number of hydrogen-bond donors (Lipinski definition) is 4. The minimum atomic E-state index is -1.59. The van der Waals surface area contributed by atoms with E-state index in [-0.39, 0.29) is 32.0 Å². The van der Waals surface area contributed by atoms with Crippen molar-refractivity contribution in [1.82, 2.24) is 0 Å². The number of unbranched alkanes of at least 4 members (excludes halogenated alkanes) is 26. The van der Waals surface area contributed by atoms with Crippen LogP contribution >= 0.6 is 0 Å². The van der Waals surface area contributed by atoms with Crippen LogP contribution in [0.5, 0.6) is 0 Å². The monoisotopic (exact) mass is 839 g/mol. The first kappa shape index (κ1) is 55.2. The van der Waals surface area contributed by atoms with Gasteiger partial charge in [-0.05, 0) is 44.9 Å². The third-order valence-corrected chi connectivity index (χ3v) is 11.3. The molecule has 0 spiro atoms. The number of esters is 2. The Labute approximate surface area is 360 Å². The zero-order valence-electron chi connectivity index (χ0n) is 37.8. The summed E-state index contributed by atoms with van der Waals surface area (Å²) in [5.74, 6) is -0.801. The molecule has 1 rings (SSSR count). The largest absolute Gasteiger partial charge is 0.462 e. The number of allylic oxidation sites excluding steroid dienone is 4. The highest BCUT2D eigenvalue weighted by atomic mass is 16.7. The molecule has 0 aromatic carbocycles. The van der Waals surface area contributed by atoms with Gasteiger partial charge in [-0.2, -0.15) is 0 Å². The molecular weight excluding hydrogens is 749 g/mol. The highest BCUT2D eigenvalue weighted by molar-refractivity contribution is 5.70. The van der Waals surface area contributed by atoms with Gasteiger partial charge in [0, 0.05) is 12.8 Å². The molecule has 0 bridgehead atoms. The molecule has 0 amide bonds. The van der Waals surface area contributed by atoms with Crippen LogP contribution in [0.15, 0.2) is 24.3 Å². The van der Waals surface area contributed by atoms with Gasteiger partial charge in [-0.1, -0.05) is 186 Å². The molecular formula is C49H90O10. The zero-order valence-corrected chi connectivity index (χ0v) is 37.8. The number of rotatable bonds is 41. The van der Waals surface area contributed by atoms with Crippen LogP contribution in [0.2, 0.25) is 0 Å². The number of aliphatic hydroxyl groups excluding tert-OH is 4. The molecule has 0 saturated carbocycles. The average Bonchev–Trinajstić information content (AvgIpc) is 3.23. The maximum Gasteiger partial charge on any atom is 0.306 e. The van der Waals surface area contributed by atoms with Crippen molar-refractivity contribution in [3.05, 3.63) is 24.3 Å². The van der Waals surface area contributed by atoms with Gasteiger partial charge in [0.2, 0.25) is 0 Å². The summed E-state index contributed by atoms with van der Waals surface area (Å²) in [4.78, 5) is 25.4. The summed E-state index contributed by atoms with van der Waals surface area (Å²) in [5.41, 5.74) is 0. The molecule has 1 saturated heterocycles. The minimum Gasteiger partial charge on any atom is -0.462 e. The topological polar surface area (TPSA) is 152 Å². The Morgan fingerprint density at radius 2 is 0.949 bits per heavy atom. The Morgan fingerprint density at radius 1 is 0.525 bits per heavy atom. The van der Waals surface area contributed by atoms with Gasteiger partial charge < -0.3 is 39.4 Å². The third-order valence-electron chi connectivity index (χ3n) is 11.3. The lowest BCUT2D eigenvalue weighted by atomic mass is 9.99. The summed E-state index contributed by atoms with van der Waals surface area (Å²) in [6.07, 6.45) is 37.5. The number of carbonyl (C=O) groups excluding carboxylic acids is 2. The van der Waals surface area contributed by atoms with Crippen molar-refractivity contribution >= 4 is 11.9 Å². The highest BCUT2D eigenvalue weighted by Gasteiger charge is 2.44. The van der Waals surface area contributed by atoms with Crippen LogP contribution in [-0.4, -0.2) is 89.0 Å². The van der Waals surface area contributed by atoms with Crippen LogP contribution in [0, 0.1) is 0 Å². The molecule has 4 N–H and O–H groups in total. The van der Waals surface area contributed by atoms with E-state index in [2.05, 4.69) is 38.2 Å². The van der Waals surface area contributed by atoms with E-state index in [1.165, 1.54) is 128 Å². The minimum absolute atomic E-state index is 0.215. The molecule has 10 heteroatoms. The predicted molar refractivity (Wildman–Crippen MR) is 238 cm³/mol. The smallest absolute Gasteiger partial charge is 0.306 e. The van der Waals surface area contributed by atoms with Crippen molar-refractivity contribution in [2.75, 3.05) is 19.8 Å². The van der Waals surface area contributed by atoms with Crippen LogP contribution in [0.25, 0.3) is 0 Å². The number of carbonyl (C=O) groups is 2. The van der Waals surface area contributed by atoms with E-state index in [9.17, 15) is 30.0 Å². The molecule has 0 aliphatic carbocycles. The van der Waals surface area contributed by atoms with Crippen molar-refractivity contribution in [3.63, 3.8) is 0 Å². The average molecular weight is 839 g/mol. The lowest BCUT2D eigenvalue weighted by Gasteiger charge is -2.39. The fourth-order valence-corrected chi connectivity index (χ4v) is 7.45. The molecule has 0 aromatic heterocycles. The van der Waals surface area contributed by atoms with Crippen molar-refractivity contribution in [2.24, 2.45) is 0 Å². The zero-order chi connectivity index (χ0) is 43.0. The van der Waals surface area contributed by atoms with Crippen LogP contribution in [0.1, 0.15) is 219 Å². The van der Waals surface area contributed by atoms with Gasteiger partial charge in [-0.25, -0.2) is 0 Å². The Bertz CT molecular complexity index is 1020. The Balaban J connectivity index is 2.28. The molecule has 1 aliphatic heterocycles. The van der Waals surface area contributed by atoms with Crippen molar-refractivity contribution in [2.45, 2.75) is 256 Å². The van der Waals surface area contributed by atoms with E-state index < -0.39 is 49.4 Å². The molecule has 1 fully saturated rings. The fraction of sp³-hybridized carbons (Fsp3) is 0.878. The van der Waals surface area contributed by atoms with Crippen LogP contribution in [-0.2, 0) is 28.5 Å². The van der Waals surface area contributed by atoms with E-state index in [0.29, 0.717) is 6.42 Å². The Hall–Kier alpha value is -1.82. The quantitative estimate of drug-likeness (QED) is 0.0266. The SMILES string of the molecule is CCCCC/C=C/C/C=C/CCCCCCCCCCCC(=O)OC[C@@H](CO[C@H]1O[C@@H](CO)[C@@H](O)C(O)C1O)OC(=O)CCCCCCCCCCCCCCCCC. The molecule has 6 atom stereocenters. The number of hydrogen-bond acceptors (Lipinski definition) is 10. The predicted octanol–water partition coefficient (Wildman–Crippen LogP) is 10.9. The van der Waals surface area contributed by atoms with Gasteiger partial charge in [-0.15, -0.1) is 0 Å². The van der Waals surface area contributed by atoms with Gasteiger partial charge in [0.15, 0.2) is 12.4 Å². The van der Waals surface area contributed by atoms with Gasteiger partial charge in [0.05, 0.1) is 13.2 Å². The molecule has 0 radical (unpaired) electrons. The van der Waals surface area contributed by atoms with E-state index in [1.807, 2.05) is 0 Å². The summed E-state index contributed by atoms with van der Waals surface area (Å²) < 4.78 is 22.2. The van der Waals surface area contributed by atoms with Crippen molar-refractivity contribution in [3.8, 4) is 0 Å². The second-order valence-corrected chi connectivity index (χ2v) is 16.9. The van der Waals surface area contributed by atoms with Gasteiger partial charge >= 0.3 is 11.9 Å². The van der Waals surface area contributed by atoms with Gasteiger partial charge in [0.25, 0.3) is 0 Å². The number of aliphatic hydroxyl groups is 4. The first-order chi connectivity index (χ1) is 28.8. The summed E-state index contributed by atoms with van der Waals surface area (Å²) in [6, 6.07) is 0. The molecule has 0 aromatic rings. The van der Waals surface area contributed by atoms with Crippen molar-refractivity contribution in [1.29, 1.82) is 0 Å². The van der Waals surface area contributed by atoms with E-state index in [1.54, 1.807) is 0 Å². The van der Waals surface area contributed by atoms with Crippen LogP contribution in [0.4, 0.5) is 0 Å².